The Bertz CT molecular complexity index is 481. The van der Waals surface area contributed by atoms with Crippen LogP contribution < -0.4 is 0 Å². The van der Waals surface area contributed by atoms with Gasteiger partial charge in [0.05, 0.1) is 0 Å². The summed E-state index contributed by atoms with van der Waals surface area (Å²) in [5, 5.41) is 0. The lowest BCUT2D eigenvalue weighted by Gasteiger charge is -2.29. The van der Waals surface area contributed by atoms with E-state index in [1.165, 1.54) is 13.8 Å². The highest BCUT2D eigenvalue weighted by atomic mass is 28.3. The van der Waals surface area contributed by atoms with Crippen LogP contribution >= 0.6 is 0 Å². The van der Waals surface area contributed by atoms with E-state index < -0.39 is 32.2 Å². The normalized spacial score (nSPS) is 24.7. The molecule has 0 aromatic rings. The van der Waals surface area contributed by atoms with E-state index >= 15 is 0 Å². The molecule has 1 aliphatic heterocycles. The van der Waals surface area contributed by atoms with Crippen molar-refractivity contribution in [3.8, 4) is 11.5 Å². The lowest BCUT2D eigenvalue weighted by Crippen LogP contribution is -2.41. The van der Waals surface area contributed by atoms with Gasteiger partial charge in [0.15, 0.2) is 0 Å². The Balaban J connectivity index is 2.79. The molecule has 5 nitrogen and oxygen atoms in total. The number of hydrogen-bond acceptors (Lipinski definition) is 5. The van der Waals surface area contributed by atoms with E-state index in [0.29, 0.717) is 0 Å². The minimum absolute atomic E-state index is 0.0305. The predicted molar refractivity (Wildman–Crippen MR) is 81.1 cm³/mol. The number of carbonyl (C=O) groups is 2. The molecule has 0 amide bonds. The summed E-state index contributed by atoms with van der Waals surface area (Å²) in [5.41, 5.74) is 3.23. The van der Waals surface area contributed by atoms with Crippen LogP contribution in [0.4, 0.5) is 0 Å². The van der Waals surface area contributed by atoms with Gasteiger partial charge in [-0.05, 0) is 12.2 Å². The minimum Gasteiger partial charge on any atom is -0.463 e. The van der Waals surface area contributed by atoms with Gasteiger partial charge in [0.2, 0.25) is 0 Å². The molecule has 6 heteroatoms. The Morgan fingerprint density at radius 2 is 1.86 bits per heavy atom. The van der Waals surface area contributed by atoms with Gasteiger partial charge in [-0.15, -0.1) is 5.54 Å². The molecule has 0 aromatic carbocycles. The van der Waals surface area contributed by atoms with Crippen LogP contribution in [0.1, 0.15) is 13.8 Å². The quantitative estimate of drug-likeness (QED) is 0.343. The molecule has 0 bridgehead atoms. The molecule has 21 heavy (non-hydrogen) atoms. The van der Waals surface area contributed by atoms with Gasteiger partial charge in [-0.2, -0.15) is 0 Å². The summed E-state index contributed by atoms with van der Waals surface area (Å²) in [6.07, 6.45) is 2.03. The number of ether oxygens (including phenoxy) is 3. The predicted octanol–water partition coefficient (Wildman–Crippen LogP) is 1.69. The Morgan fingerprint density at radius 3 is 2.38 bits per heavy atom. The van der Waals surface area contributed by atoms with Crippen LogP contribution in [0.25, 0.3) is 0 Å². The van der Waals surface area contributed by atoms with Gasteiger partial charge in [-0.3, -0.25) is 9.59 Å². The summed E-state index contributed by atoms with van der Waals surface area (Å²) in [7, 11) is -1.49. The standard InChI is InChI=1S/C15H22O5Si/c1-11(16)18-10-15-14(19-12(2)17)7-6-13(20-15)8-9-21(3,4)5/h6-7,13-15H,10H2,1-5H3/t13?,14-,15+/m0/s1. The first-order valence-electron chi connectivity index (χ1n) is 6.84. The third-order valence-corrected chi connectivity index (χ3v) is 3.40. The highest BCUT2D eigenvalue weighted by Gasteiger charge is 2.30. The first kappa shape index (κ1) is 17.5. The number of esters is 2. The second-order valence-corrected chi connectivity index (χ2v) is 10.6. The van der Waals surface area contributed by atoms with Crippen molar-refractivity contribution in [2.75, 3.05) is 6.61 Å². The molecule has 1 heterocycles. The zero-order valence-corrected chi connectivity index (χ0v) is 14.1. The molecule has 0 spiro atoms. The third-order valence-electron chi connectivity index (χ3n) is 2.51. The van der Waals surface area contributed by atoms with E-state index in [1.54, 1.807) is 12.2 Å². The van der Waals surface area contributed by atoms with Crippen molar-refractivity contribution >= 4 is 20.0 Å². The maximum Gasteiger partial charge on any atom is 0.303 e. The first-order valence-corrected chi connectivity index (χ1v) is 10.3. The lowest BCUT2D eigenvalue weighted by molar-refractivity contribution is -0.161. The van der Waals surface area contributed by atoms with Crippen molar-refractivity contribution in [2.24, 2.45) is 0 Å². The summed E-state index contributed by atoms with van der Waals surface area (Å²) in [4.78, 5) is 22.0. The van der Waals surface area contributed by atoms with Gasteiger partial charge in [0.1, 0.15) is 33.0 Å². The van der Waals surface area contributed by atoms with Crippen LogP contribution in [0.15, 0.2) is 12.2 Å². The van der Waals surface area contributed by atoms with Crippen molar-refractivity contribution < 1.29 is 23.8 Å². The van der Waals surface area contributed by atoms with Crippen molar-refractivity contribution in [3.05, 3.63) is 12.2 Å². The van der Waals surface area contributed by atoms with Gasteiger partial charge in [-0.1, -0.05) is 25.6 Å². The molecular weight excluding hydrogens is 288 g/mol. The van der Waals surface area contributed by atoms with Gasteiger partial charge < -0.3 is 14.2 Å². The molecule has 0 saturated carbocycles. The van der Waals surface area contributed by atoms with E-state index in [4.69, 9.17) is 14.2 Å². The van der Waals surface area contributed by atoms with Crippen molar-refractivity contribution in [3.63, 3.8) is 0 Å². The molecule has 0 fully saturated rings. The lowest BCUT2D eigenvalue weighted by atomic mass is 10.1. The largest absolute Gasteiger partial charge is 0.463 e. The second-order valence-electron chi connectivity index (χ2n) is 5.88. The Morgan fingerprint density at radius 1 is 1.19 bits per heavy atom. The first-order chi connectivity index (χ1) is 9.67. The van der Waals surface area contributed by atoms with Crippen LogP contribution in [-0.2, 0) is 23.8 Å². The minimum atomic E-state index is -1.49. The van der Waals surface area contributed by atoms with E-state index in [9.17, 15) is 9.59 Å². The highest BCUT2D eigenvalue weighted by Crippen LogP contribution is 2.17. The maximum atomic E-state index is 11.1. The molecule has 1 aliphatic rings. The number of carbonyl (C=O) groups excluding carboxylic acids is 2. The van der Waals surface area contributed by atoms with Gasteiger partial charge >= 0.3 is 11.9 Å². The van der Waals surface area contributed by atoms with Crippen LogP contribution in [0.3, 0.4) is 0 Å². The number of hydrogen-bond donors (Lipinski definition) is 0. The van der Waals surface area contributed by atoms with Crippen molar-refractivity contribution in [1.29, 1.82) is 0 Å². The molecule has 0 radical (unpaired) electrons. The average Bonchev–Trinajstić information content (AvgIpc) is 2.34. The maximum absolute atomic E-state index is 11.1. The molecule has 0 N–H and O–H groups in total. The van der Waals surface area contributed by atoms with Crippen LogP contribution in [-0.4, -0.2) is 44.9 Å². The molecule has 116 valence electrons. The molecule has 1 unspecified atom stereocenters. The molecular formula is C15H22O5Si. The molecule has 0 aliphatic carbocycles. The van der Waals surface area contributed by atoms with E-state index in [2.05, 4.69) is 31.1 Å². The summed E-state index contributed by atoms with van der Waals surface area (Å²) >= 11 is 0. The summed E-state index contributed by atoms with van der Waals surface area (Å²) < 4.78 is 15.9. The molecule has 1 rings (SSSR count). The molecule has 0 aromatic heterocycles. The van der Waals surface area contributed by atoms with Gasteiger partial charge in [0.25, 0.3) is 0 Å². The summed E-state index contributed by atoms with van der Waals surface area (Å²) in [5.74, 6) is 2.26. The van der Waals surface area contributed by atoms with E-state index in [-0.39, 0.29) is 12.7 Å². The SMILES string of the molecule is CC(=O)OC[C@H]1OC(C#C[Si](C)(C)C)C=C[C@@H]1OC(C)=O. The Labute approximate surface area is 126 Å². The zero-order valence-electron chi connectivity index (χ0n) is 13.1. The summed E-state index contributed by atoms with van der Waals surface area (Å²) in [6.45, 7) is 9.11. The number of rotatable bonds is 3. The van der Waals surface area contributed by atoms with Crippen LogP contribution in [0, 0.1) is 11.5 Å². The smallest absolute Gasteiger partial charge is 0.303 e. The highest BCUT2D eigenvalue weighted by molar-refractivity contribution is 6.83. The zero-order chi connectivity index (χ0) is 16.0. The molecule has 3 atom stereocenters. The van der Waals surface area contributed by atoms with E-state index in [1.807, 2.05) is 0 Å². The fourth-order valence-corrected chi connectivity index (χ4v) is 2.23. The summed E-state index contributed by atoms with van der Waals surface area (Å²) in [6, 6.07) is 0. The van der Waals surface area contributed by atoms with Gasteiger partial charge in [0, 0.05) is 13.8 Å². The Hall–Kier alpha value is -1.58. The van der Waals surface area contributed by atoms with Crippen LogP contribution in [0.5, 0.6) is 0 Å². The molecule has 0 saturated heterocycles. The van der Waals surface area contributed by atoms with E-state index in [0.717, 1.165) is 0 Å². The Kier molecular flexibility index (Phi) is 6.18. The second kappa shape index (κ2) is 7.43. The fourth-order valence-electron chi connectivity index (χ4n) is 1.66. The average molecular weight is 310 g/mol. The van der Waals surface area contributed by atoms with Gasteiger partial charge in [-0.25, -0.2) is 0 Å². The monoisotopic (exact) mass is 310 g/mol. The topological polar surface area (TPSA) is 61.8 Å². The van der Waals surface area contributed by atoms with Crippen LogP contribution in [0.2, 0.25) is 19.6 Å². The fraction of sp³-hybridized carbons (Fsp3) is 0.600. The van der Waals surface area contributed by atoms with Crippen molar-refractivity contribution in [2.45, 2.75) is 51.8 Å². The third kappa shape index (κ3) is 7.11. The van der Waals surface area contributed by atoms with Crippen molar-refractivity contribution in [1.82, 2.24) is 0 Å².